The number of aromatic nitrogens is 2. The van der Waals surface area contributed by atoms with E-state index >= 15 is 0 Å². The maximum Gasteiger partial charge on any atom is 0.126 e. The van der Waals surface area contributed by atoms with Crippen molar-refractivity contribution in [3.05, 3.63) is 41.6 Å². The van der Waals surface area contributed by atoms with Crippen molar-refractivity contribution in [1.82, 2.24) is 10.2 Å². The molecule has 2 rings (SSSR count). The number of nitrogens with zero attached hydrogens (tertiary/aromatic N) is 1. The second kappa shape index (κ2) is 3.54. The topological polar surface area (TPSA) is 40.7 Å². The van der Waals surface area contributed by atoms with Crippen molar-refractivity contribution in [2.24, 2.45) is 0 Å². The Morgan fingerprint density at radius 3 is 2.43 bits per heavy atom. The van der Waals surface area contributed by atoms with Gasteiger partial charge in [0, 0.05) is 11.8 Å². The molecule has 0 saturated heterocycles. The van der Waals surface area contributed by atoms with Crippen LogP contribution < -0.4 is 5.32 Å². The van der Waals surface area contributed by atoms with Gasteiger partial charge in [-0.05, 0) is 26.0 Å². The second-order valence-corrected chi connectivity index (χ2v) is 3.41. The molecule has 72 valence electrons. The zero-order valence-electron chi connectivity index (χ0n) is 8.33. The standard InChI is InChI=1S/C11H13N3/c1-8-3-5-10(6-4-8)12-11-7-9(2)13-14-11/h3-7H,1-2H3,(H2,12,13,14). The molecule has 0 aliphatic carbocycles. The summed E-state index contributed by atoms with van der Waals surface area (Å²) < 4.78 is 0. The van der Waals surface area contributed by atoms with Crippen LogP contribution in [0.4, 0.5) is 11.5 Å². The van der Waals surface area contributed by atoms with Gasteiger partial charge in [0.2, 0.25) is 0 Å². The smallest absolute Gasteiger partial charge is 0.126 e. The summed E-state index contributed by atoms with van der Waals surface area (Å²) in [6.07, 6.45) is 0. The summed E-state index contributed by atoms with van der Waals surface area (Å²) in [4.78, 5) is 0. The van der Waals surface area contributed by atoms with Crippen molar-refractivity contribution in [3.63, 3.8) is 0 Å². The Morgan fingerprint density at radius 1 is 1.14 bits per heavy atom. The van der Waals surface area contributed by atoms with Gasteiger partial charge in [-0.3, -0.25) is 5.10 Å². The first-order valence-electron chi connectivity index (χ1n) is 4.60. The molecule has 2 aromatic rings. The summed E-state index contributed by atoms with van der Waals surface area (Å²) in [6.45, 7) is 4.03. The summed E-state index contributed by atoms with van der Waals surface area (Å²) in [7, 11) is 0. The highest BCUT2D eigenvalue weighted by molar-refractivity contribution is 5.56. The summed E-state index contributed by atoms with van der Waals surface area (Å²) in [5, 5.41) is 10.2. The SMILES string of the molecule is Cc1ccc(Nc2cc(C)n[nH]2)cc1. The zero-order valence-corrected chi connectivity index (χ0v) is 8.33. The van der Waals surface area contributed by atoms with E-state index < -0.39 is 0 Å². The minimum atomic E-state index is 0.923. The number of aryl methyl sites for hydroxylation is 2. The summed E-state index contributed by atoms with van der Waals surface area (Å²) >= 11 is 0. The van der Waals surface area contributed by atoms with Gasteiger partial charge in [-0.15, -0.1) is 0 Å². The molecule has 0 amide bonds. The van der Waals surface area contributed by atoms with Crippen LogP contribution in [-0.4, -0.2) is 10.2 Å². The molecule has 0 unspecified atom stereocenters. The Bertz CT molecular complexity index is 414. The van der Waals surface area contributed by atoms with Gasteiger partial charge in [0.05, 0.1) is 5.69 Å². The average molecular weight is 187 g/mol. The molecule has 2 N–H and O–H groups in total. The highest BCUT2D eigenvalue weighted by Gasteiger charge is 1.96. The number of benzene rings is 1. The van der Waals surface area contributed by atoms with Crippen LogP contribution in [-0.2, 0) is 0 Å². The van der Waals surface area contributed by atoms with E-state index in [4.69, 9.17) is 0 Å². The van der Waals surface area contributed by atoms with E-state index in [9.17, 15) is 0 Å². The first-order valence-corrected chi connectivity index (χ1v) is 4.60. The molecule has 0 radical (unpaired) electrons. The van der Waals surface area contributed by atoms with E-state index in [-0.39, 0.29) is 0 Å². The third-order valence-electron chi connectivity index (χ3n) is 2.04. The molecule has 0 spiro atoms. The first kappa shape index (κ1) is 8.81. The lowest BCUT2D eigenvalue weighted by molar-refractivity contribution is 1.05. The number of aromatic amines is 1. The maximum atomic E-state index is 4.04. The lowest BCUT2D eigenvalue weighted by atomic mass is 10.2. The lowest BCUT2D eigenvalue weighted by Gasteiger charge is -2.02. The van der Waals surface area contributed by atoms with Crippen LogP contribution in [0.5, 0.6) is 0 Å². The molecule has 14 heavy (non-hydrogen) atoms. The Labute approximate surface area is 83.2 Å². The van der Waals surface area contributed by atoms with Gasteiger partial charge in [-0.2, -0.15) is 5.10 Å². The highest BCUT2D eigenvalue weighted by Crippen LogP contribution is 2.15. The van der Waals surface area contributed by atoms with Gasteiger partial charge in [0.1, 0.15) is 5.82 Å². The van der Waals surface area contributed by atoms with Crippen LogP contribution in [0.3, 0.4) is 0 Å². The van der Waals surface area contributed by atoms with Crippen LogP contribution in [0.25, 0.3) is 0 Å². The molecular formula is C11H13N3. The molecule has 1 aromatic carbocycles. The van der Waals surface area contributed by atoms with Crippen LogP contribution in [0, 0.1) is 13.8 Å². The molecule has 0 bridgehead atoms. The Hall–Kier alpha value is -1.77. The molecule has 0 fully saturated rings. The zero-order chi connectivity index (χ0) is 9.97. The van der Waals surface area contributed by atoms with Crippen molar-refractivity contribution >= 4 is 11.5 Å². The predicted octanol–water partition coefficient (Wildman–Crippen LogP) is 2.77. The normalized spacial score (nSPS) is 10.1. The van der Waals surface area contributed by atoms with Crippen LogP contribution >= 0.6 is 0 Å². The van der Waals surface area contributed by atoms with Gasteiger partial charge in [0.25, 0.3) is 0 Å². The summed E-state index contributed by atoms with van der Waals surface area (Å²) in [6, 6.07) is 10.2. The summed E-state index contributed by atoms with van der Waals surface area (Å²) in [5.74, 6) is 0.923. The first-order chi connectivity index (χ1) is 6.74. The molecule has 0 aliphatic rings. The largest absolute Gasteiger partial charge is 0.341 e. The van der Waals surface area contributed by atoms with Gasteiger partial charge in [0.15, 0.2) is 0 Å². The van der Waals surface area contributed by atoms with E-state index in [1.165, 1.54) is 5.56 Å². The predicted molar refractivity (Wildman–Crippen MR) is 57.8 cm³/mol. The molecule has 0 atom stereocenters. The number of nitrogens with one attached hydrogen (secondary N) is 2. The molecule has 1 aromatic heterocycles. The number of rotatable bonds is 2. The maximum absolute atomic E-state index is 4.04. The Balaban J connectivity index is 2.15. The van der Waals surface area contributed by atoms with Gasteiger partial charge < -0.3 is 5.32 Å². The fourth-order valence-corrected chi connectivity index (χ4v) is 1.28. The number of hydrogen-bond acceptors (Lipinski definition) is 2. The number of H-pyrrole nitrogens is 1. The van der Waals surface area contributed by atoms with E-state index in [0.29, 0.717) is 0 Å². The van der Waals surface area contributed by atoms with Crippen LogP contribution in [0.2, 0.25) is 0 Å². The Kier molecular flexibility index (Phi) is 2.23. The summed E-state index contributed by atoms with van der Waals surface area (Å²) in [5.41, 5.74) is 3.32. The van der Waals surface area contributed by atoms with E-state index in [0.717, 1.165) is 17.2 Å². The number of anilines is 2. The fraction of sp³-hybridized carbons (Fsp3) is 0.182. The third kappa shape index (κ3) is 1.93. The quantitative estimate of drug-likeness (QED) is 0.759. The van der Waals surface area contributed by atoms with Crippen LogP contribution in [0.1, 0.15) is 11.3 Å². The fourth-order valence-electron chi connectivity index (χ4n) is 1.28. The minimum Gasteiger partial charge on any atom is -0.341 e. The minimum absolute atomic E-state index is 0.923. The monoisotopic (exact) mass is 187 g/mol. The molecule has 3 nitrogen and oxygen atoms in total. The molecular weight excluding hydrogens is 174 g/mol. The van der Waals surface area contributed by atoms with Crippen molar-refractivity contribution in [2.75, 3.05) is 5.32 Å². The lowest BCUT2D eigenvalue weighted by Crippen LogP contribution is -1.89. The average Bonchev–Trinajstić information content (AvgIpc) is 2.56. The molecule has 0 aliphatic heterocycles. The van der Waals surface area contributed by atoms with Crippen molar-refractivity contribution in [1.29, 1.82) is 0 Å². The molecule has 0 saturated carbocycles. The van der Waals surface area contributed by atoms with Gasteiger partial charge >= 0.3 is 0 Å². The van der Waals surface area contributed by atoms with E-state index in [1.54, 1.807) is 0 Å². The highest BCUT2D eigenvalue weighted by atomic mass is 15.2. The third-order valence-corrected chi connectivity index (χ3v) is 2.04. The van der Waals surface area contributed by atoms with E-state index in [1.807, 2.05) is 25.1 Å². The number of hydrogen-bond donors (Lipinski definition) is 2. The Morgan fingerprint density at radius 2 is 1.86 bits per heavy atom. The molecule has 3 heteroatoms. The van der Waals surface area contributed by atoms with Crippen molar-refractivity contribution < 1.29 is 0 Å². The second-order valence-electron chi connectivity index (χ2n) is 3.41. The van der Waals surface area contributed by atoms with Crippen LogP contribution in [0.15, 0.2) is 30.3 Å². The van der Waals surface area contributed by atoms with Crippen molar-refractivity contribution in [2.45, 2.75) is 13.8 Å². The molecule has 1 heterocycles. The van der Waals surface area contributed by atoms with Gasteiger partial charge in [-0.25, -0.2) is 0 Å². The van der Waals surface area contributed by atoms with Crippen molar-refractivity contribution in [3.8, 4) is 0 Å². The van der Waals surface area contributed by atoms with Gasteiger partial charge in [-0.1, -0.05) is 17.7 Å². The van der Waals surface area contributed by atoms with E-state index in [2.05, 4.69) is 34.6 Å².